The summed E-state index contributed by atoms with van der Waals surface area (Å²) in [4.78, 5) is 8.53. The van der Waals surface area contributed by atoms with Crippen molar-refractivity contribution in [3.05, 3.63) is 59.4 Å². The summed E-state index contributed by atoms with van der Waals surface area (Å²) >= 11 is 0. The summed E-state index contributed by atoms with van der Waals surface area (Å²) in [6.07, 6.45) is -0.992. The normalized spacial score (nSPS) is 18.4. The predicted octanol–water partition coefficient (Wildman–Crippen LogP) is 2.55. The van der Waals surface area contributed by atoms with Crippen LogP contribution in [-0.2, 0) is 17.5 Å². The number of aryl methyl sites for hydroxylation is 2. The maximum atomic E-state index is 13.7. The molecule has 0 aromatic carbocycles. The zero-order valence-corrected chi connectivity index (χ0v) is 18.7. The van der Waals surface area contributed by atoms with Crippen LogP contribution in [0.15, 0.2) is 36.7 Å². The minimum atomic E-state index is -4.68. The Morgan fingerprint density at radius 3 is 2.12 bits per heavy atom. The first-order valence-corrected chi connectivity index (χ1v) is 10.5. The number of hydrogen-bond acceptors (Lipinski definition) is 4. The molecule has 1 atom stereocenters. The fraction of sp³-hybridized carbons (Fsp3) is 0.364. The van der Waals surface area contributed by atoms with Crippen LogP contribution >= 0.6 is 0 Å². The van der Waals surface area contributed by atoms with Gasteiger partial charge in [-0.05, 0) is 30.4 Å². The van der Waals surface area contributed by atoms with Gasteiger partial charge in [0.1, 0.15) is 5.82 Å². The number of hydrogen-bond donors (Lipinski definition) is 0. The number of alkyl halides is 3. The molecule has 168 valence electrons. The minimum Gasteiger partial charge on any atom is -0.206 e. The maximum absolute atomic E-state index is 13.7. The number of nitrogens with zero attached hydrogens (tertiary/aromatic N) is 8. The molecular weight excluding hydrogens is 433 g/mol. The smallest absolute Gasteiger partial charge is 0.206 e. The van der Waals surface area contributed by atoms with Crippen molar-refractivity contribution in [3.63, 3.8) is 0 Å². The van der Waals surface area contributed by atoms with Gasteiger partial charge >= 0.3 is 12.1 Å². The molecule has 0 radical (unpaired) electrons. The third-order valence-corrected chi connectivity index (χ3v) is 6.18. The molecule has 4 aromatic rings. The van der Waals surface area contributed by atoms with E-state index in [4.69, 9.17) is 0 Å². The van der Waals surface area contributed by atoms with Gasteiger partial charge in [0.15, 0.2) is 12.4 Å². The molecule has 6 heterocycles. The Bertz CT molecular complexity index is 1470. The van der Waals surface area contributed by atoms with Gasteiger partial charge in [-0.15, -0.1) is 10.2 Å². The second kappa shape index (κ2) is 5.83. The fourth-order valence-electron chi connectivity index (χ4n) is 4.65. The first-order valence-electron chi connectivity index (χ1n) is 10.5. The zero-order chi connectivity index (χ0) is 23.5. The van der Waals surface area contributed by atoms with Crippen molar-refractivity contribution >= 4 is 0 Å². The van der Waals surface area contributed by atoms with E-state index in [0.717, 1.165) is 16.8 Å². The predicted molar refractivity (Wildman–Crippen MR) is 109 cm³/mol. The van der Waals surface area contributed by atoms with E-state index in [-0.39, 0.29) is 11.2 Å². The average Bonchev–Trinajstić information content (AvgIpc) is 3.42. The van der Waals surface area contributed by atoms with Crippen LogP contribution in [0.1, 0.15) is 43.5 Å². The quantitative estimate of drug-likeness (QED) is 0.331. The summed E-state index contributed by atoms with van der Waals surface area (Å²) in [6, 6.07) is 7.69. The van der Waals surface area contributed by atoms with Gasteiger partial charge < -0.3 is 0 Å². The number of aromatic nitrogens is 8. The number of pyridine rings is 2. The lowest BCUT2D eigenvalue weighted by Crippen LogP contribution is -2.77. The third-order valence-electron chi connectivity index (χ3n) is 6.18. The first kappa shape index (κ1) is 20.0. The Morgan fingerprint density at radius 2 is 1.45 bits per heavy atom. The molecule has 0 N–H and O–H groups in total. The van der Waals surface area contributed by atoms with E-state index in [9.17, 15) is 13.2 Å². The van der Waals surface area contributed by atoms with E-state index >= 15 is 0 Å². The molecule has 4 aromatic heterocycles. The molecule has 1 unspecified atom stereocenters. The van der Waals surface area contributed by atoms with E-state index in [2.05, 4.69) is 40.9 Å². The van der Waals surface area contributed by atoms with Crippen molar-refractivity contribution in [1.29, 1.82) is 0 Å². The van der Waals surface area contributed by atoms with Crippen LogP contribution in [0.4, 0.5) is 13.2 Å². The van der Waals surface area contributed by atoms with Crippen LogP contribution in [0.25, 0.3) is 23.0 Å². The Hall–Kier alpha value is -3.63. The maximum Gasteiger partial charge on any atom is 0.586 e. The van der Waals surface area contributed by atoms with E-state index in [0.29, 0.717) is 17.3 Å². The van der Waals surface area contributed by atoms with Crippen LogP contribution < -0.4 is 9.13 Å². The molecule has 0 bridgehead atoms. The Balaban J connectivity index is 1.77. The molecule has 0 amide bonds. The Morgan fingerprint density at radius 1 is 0.848 bits per heavy atom. The number of fused-ring (bicyclic) bond motifs is 10. The summed E-state index contributed by atoms with van der Waals surface area (Å²) in [5.74, 6) is -1.41. The standard InChI is InChI=1S/C22H21F3N8/c1-12-6-8-30-15(10-12)18-27-19(21(23,24)25)29-33(18)22(30)31-9-7-14(20(3,4)5)11-16(31)17-26-13(2)28-32(17)22/h6-11H,1-5H3/q+2. The highest BCUT2D eigenvalue weighted by atomic mass is 19.4. The van der Waals surface area contributed by atoms with Crippen molar-refractivity contribution in [2.24, 2.45) is 0 Å². The summed E-state index contributed by atoms with van der Waals surface area (Å²) < 4.78 is 47.6. The van der Waals surface area contributed by atoms with Gasteiger partial charge in [-0.1, -0.05) is 39.3 Å². The molecule has 2 aliphatic heterocycles. The van der Waals surface area contributed by atoms with E-state index in [1.165, 1.54) is 4.68 Å². The molecule has 2 aliphatic rings. The molecule has 8 nitrogen and oxygen atoms in total. The van der Waals surface area contributed by atoms with Gasteiger partial charge in [0.2, 0.25) is 11.6 Å². The molecule has 0 fully saturated rings. The lowest BCUT2D eigenvalue weighted by atomic mass is 9.87. The Kier molecular flexibility index (Phi) is 3.54. The summed E-state index contributed by atoms with van der Waals surface area (Å²) in [7, 11) is 0. The first-order chi connectivity index (χ1) is 15.4. The van der Waals surface area contributed by atoms with Crippen LogP contribution in [0, 0.1) is 13.8 Å². The number of rotatable bonds is 0. The largest absolute Gasteiger partial charge is 0.586 e. The summed E-state index contributed by atoms with van der Waals surface area (Å²) in [5, 5.41) is 8.59. The molecule has 1 spiro atoms. The molecule has 0 aliphatic carbocycles. The lowest BCUT2D eigenvalue weighted by Gasteiger charge is -2.19. The topological polar surface area (TPSA) is 69.2 Å². The van der Waals surface area contributed by atoms with Crippen LogP contribution in [-0.4, -0.2) is 29.5 Å². The molecule has 33 heavy (non-hydrogen) atoms. The van der Waals surface area contributed by atoms with Crippen molar-refractivity contribution in [1.82, 2.24) is 29.5 Å². The van der Waals surface area contributed by atoms with E-state index in [1.807, 2.05) is 46.7 Å². The fourth-order valence-corrected chi connectivity index (χ4v) is 4.65. The molecule has 0 saturated heterocycles. The van der Waals surface area contributed by atoms with Crippen molar-refractivity contribution in [2.45, 2.75) is 52.1 Å². The van der Waals surface area contributed by atoms with Gasteiger partial charge in [0.25, 0.3) is 17.2 Å². The van der Waals surface area contributed by atoms with Gasteiger partial charge in [-0.2, -0.15) is 18.2 Å². The number of halogens is 3. The summed E-state index contributed by atoms with van der Waals surface area (Å²) in [6.45, 7) is 9.96. The SMILES string of the molecule is Cc1cc[n+]2c(c1)-c1nc(C(F)(F)F)nn1C21n2nc(C)nc2-c2cc(C(C)(C)C)cc[n+]21. The second-order valence-corrected chi connectivity index (χ2v) is 9.54. The highest BCUT2D eigenvalue weighted by Gasteiger charge is 2.71. The lowest BCUT2D eigenvalue weighted by molar-refractivity contribution is -0.990. The van der Waals surface area contributed by atoms with Gasteiger partial charge in [-0.3, -0.25) is 0 Å². The molecular formula is C22H21F3N8+2. The second-order valence-electron chi connectivity index (χ2n) is 9.54. The van der Waals surface area contributed by atoms with Gasteiger partial charge in [-0.25, -0.2) is 4.98 Å². The van der Waals surface area contributed by atoms with Crippen molar-refractivity contribution in [3.8, 4) is 23.0 Å². The van der Waals surface area contributed by atoms with Crippen LogP contribution in [0.3, 0.4) is 0 Å². The van der Waals surface area contributed by atoms with Gasteiger partial charge in [0.05, 0.1) is 0 Å². The molecule has 11 heteroatoms. The Labute approximate surface area is 187 Å². The van der Waals surface area contributed by atoms with Crippen LogP contribution in [0.2, 0.25) is 0 Å². The zero-order valence-electron chi connectivity index (χ0n) is 18.7. The molecule has 0 saturated carbocycles. The monoisotopic (exact) mass is 454 g/mol. The van der Waals surface area contributed by atoms with Crippen LogP contribution in [0.5, 0.6) is 0 Å². The van der Waals surface area contributed by atoms with Crippen molar-refractivity contribution in [2.75, 3.05) is 0 Å². The van der Waals surface area contributed by atoms with Gasteiger partial charge in [0, 0.05) is 24.3 Å². The third kappa shape index (κ3) is 2.42. The van der Waals surface area contributed by atoms with Crippen molar-refractivity contribution < 1.29 is 22.3 Å². The highest BCUT2D eigenvalue weighted by Crippen LogP contribution is 2.39. The molecule has 6 rings (SSSR count). The average molecular weight is 454 g/mol. The highest BCUT2D eigenvalue weighted by molar-refractivity contribution is 5.53. The van der Waals surface area contributed by atoms with E-state index < -0.39 is 17.9 Å². The van der Waals surface area contributed by atoms with E-state index in [1.54, 1.807) is 17.7 Å². The summed E-state index contributed by atoms with van der Waals surface area (Å²) in [5.41, 5.74) is 3.07. The minimum absolute atomic E-state index is 0.116.